The van der Waals surface area contributed by atoms with E-state index < -0.39 is 10.0 Å². The lowest BCUT2D eigenvalue weighted by molar-refractivity contribution is 0.389. The molecule has 0 saturated heterocycles. The molecular formula is C20H43NO2S. The average molecular weight is 362 g/mol. The van der Waals surface area contributed by atoms with Gasteiger partial charge in [0.05, 0.1) is 5.75 Å². The van der Waals surface area contributed by atoms with Gasteiger partial charge in [-0.2, -0.15) is 0 Å². The fourth-order valence-corrected chi connectivity index (χ4v) is 4.63. The molecule has 3 nitrogen and oxygen atoms in total. The first-order chi connectivity index (χ1) is 11.6. The fourth-order valence-electron chi connectivity index (χ4n) is 2.99. The van der Waals surface area contributed by atoms with Gasteiger partial charge in [0.1, 0.15) is 0 Å². The van der Waals surface area contributed by atoms with Crippen molar-refractivity contribution in [1.82, 2.24) is 4.31 Å². The van der Waals surface area contributed by atoms with Crippen molar-refractivity contribution in [1.29, 1.82) is 0 Å². The maximum absolute atomic E-state index is 12.6. The number of nitrogens with zero attached hydrogens (tertiary/aromatic N) is 1. The van der Waals surface area contributed by atoms with Crippen LogP contribution in [0.3, 0.4) is 0 Å². The molecule has 0 bridgehead atoms. The zero-order valence-corrected chi connectivity index (χ0v) is 17.5. The normalized spacial score (nSPS) is 12.2. The molecule has 0 spiro atoms. The zero-order chi connectivity index (χ0) is 18.1. The lowest BCUT2D eigenvalue weighted by Crippen LogP contribution is -2.34. The molecular weight excluding hydrogens is 318 g/mol. The van der Waals surface area contributed by atoms with Gasteiger partial charge in [-0.1, -0.05) is 91.4 Å². The van der Waals surface area contributed by atoms with Crippen LogP contribution in [-0.2, 0) is 10.0 Å². The highest BCUT2D eigenvalue weighted by Gasteiger charge is 2.20. The number of sulfonamides is 1. The summed E-state index contributed by atoms with van der Waals surface area (Å²) < 4.78 is 27.0. The minimum atomic E-state index is -3.05. The van der Waals surface area contributed by atoms with Gasteiger partial charge in [0.15, 0.2) is 0 Å². The van der Waals surface area contributed by atoms with Crippen molar-refractivity contribution < 1.29 is 8.42 Å². The first kappa shape index (κ1) is 23.9. The second-order valence-electron chi connectivity index (χ2n) is 7.10. The molecule has 0 aliphatic heterocycles. The predicted octanol–water partition coefficient (Wildman–Crippen LogP) is 6.14. The SMILES string of the molecule is CCCCCCCCCCS(=O)(=O)N(CCCC)CCCCCC. The summed E-state index contributed by atoms with van der Waals surface area (Å²) >= 11 is 0. The van der Waals surface area contributed by atoms with Gasteiger partial charge in [0.25, 0.3) is 0 Å². The molecule has 4 heteroatoms. The molecule has 0 aliphatic rings. The molecule has 146 valence electrons. The third-order valence-electron chi connectivity index (χ3n) is 4.67. The fraction of sp³-hybridized carbons (Fsp3) is 1.00. The minimum Gasteiger partial charge on any atom is -0.212 e. The van der Waals surface area contributed by atoms with Gasteiger partial charge < -0.3 is 0 Å². The molecule has 0 rings (SSSR count). The Morgan fingerprint density at radius 1 is 0.542 bits per heavy atom. The number of rotatable bonds is 18. The van der Waals surface area contributed by atoms with Crippen LogP contribution in [0, 0.1) is 0 Å². The molecule has 24 heavy (non-hydrogen) atoms. The van der Waals surface area contributed by atoms with Crippen LogP contribution in [0.15, 0.2) is 0 Å². The third kappa shape index (κ3) is 13.2. The van der Waals surface area contributed by atoms with Crippen LogP contribution in [0.25, 0.3) is 0 Å². The molecule has 0 amide bonds. The van der Waals surface area contributed by atoms with E-state index in [1.807, 2.05) is 0 Å². The van der Waals surface area contributed by atoms with Gasteiger partial charge in [-0.05, 0) is 19.3 Å². The van der Waals surface area contributed by atoms with Crippen molar-refractivity contribution >= 4 is 10.0 Å². The van der Waals surface area contributed by atoms with Gasteiger partial charge >= 0.3 is 0 Å². The van der Waals surface area contributed by atoms with E-state index in [1.54, 1.807) is 4.31 Å². The van der Waals surface area contributed by atoms with Gasteiger partial charge in [-0.3, -0.25) is 0 Å². The van der Waals surface area contributed by atoms with E-state index >= 15 is 0 Å². The standard InChI is InChI=1S/C20H43NO2S/c1-4-7-10-12-13-14-15-17-20-24(22,23)21(18-9-6-3)19-16-11-8-5-2/h4-20H2,1-3H3. The summed E-state index contributed by atoms with van der Waals surface area (Å²) in [5.74, 6) is 0.347. The highest BCUT2D eigenvalue weighted by Crippen LogP contribution is 2.13. The Hall–Kier alpha value is -0.0900. The highest BCUT2D eigenvalue weighted by atomic mass is 32.2. The van der Waals surface area contributed by atoms with Crippen molar-refractivity contribution in [2.24, 2.45) is 0 Å². The largest absolute Gasteiger partial charge is 0.214 e. The van der Waals surface area contributed by atoms with E-state index in [9.17, 15) is 8.42 Å². The monoisotopic (exact) mass is 361 g/mol. The molecule has 0 unspecified atom stereocenters. The van der Waals surface area contributed by atoms with Crippen LogP contribution < -0.4 is 0 Å². The summed E-state index contributed by atoms with van der Waals surface area (Å²) in [5, 5.41) is 0. The van der Waals surface area contributed by atoms with Crippen LogP contribution in [0.4, 0.5) is 0 Å². The van der Waals surface area contributed by atoms with Crippen LogP contribution >= 0.6 is 0 Å². The molecule has 0 N–H and O–H groups in total. The second-order valence-corrected chi connectivity index (χ2v) is 9.19. The summed E-state index contributed by atoms with van der Waals surface area (Å²) in [6, 6.07) is 0. The second kappa shape index (κ2) is 16.4. The zero-order valence-electron chi connectivity index (χ0n) is 16.7. The minimum absolute atomic E-state index is 0.347. The van der Waals surface area contributed by atoms with E-state index in [2.05, 4.69) is 20.8 Å². The van der Waals surface area contributed by atoms with Gasteiger partial charge in [-0.25, -0.2) is 12.7 Å². The van der Waals surface area contributed by atoms with Gasteiger partial charge in [0.2, 0.25) is 10.0 Å². The van der Waals surface area contributed by atoms with Crippen molar-refractivity contribution in [3.63, 3.8) is 0 Å². The van der Waals surface area contributed by atoms with E-state index in [0.717, 1.165) is 45.1 Å². The Kier molecular flexibility index (Phi) is 16.3. The summed E-state index contributed by atoms with van der Waals surface area (Å²) in [5.41, 5.74) is 0. The van der Waals surface area contributed by atoms with Gasteiger partial charge in [0, 0.05) is 13.1 Å². The maximum atomic E-state index is 12.6. The molecule has 0 aromatic rings. The van der Waals surface area contributed by atoms with Crippen molar-refractivity contribution in [3.05, 3.63) is 0 Å². The summed E-state index contributed by atoms with van der Waals surface area (Å²) in [6.07, 6.45) is 16.2. The average Bonchev–Trinajstić information content (AvgIpc) is 2.56. The van der Waals surface area contributed by atoms with Crippen molar-refractivity contribution in [2.75, 3.05) is 18.8 Å². The van der Waals surface area contributed by atoms with E-state index in [4.69, 9.17) is 0 Å². The van der Waals surface area contributed by atoms with Crippen LogP contribution in [0.2, 0.25) is 0 Å². The maximum Gasteiger partial charge on any atom is 0.214 e. The molecule has 0 aromatic heterocycles. The Morgan fingerprint density at radius 2 is 0.958 bits per heavy atom. The molecule has 0 heterocycles. The van der Waals surface area contributed by atoms with E-state index in [1.165, 1.54) is 51.4 Å². The van der Waals surface area contributed by atoms with E-state index in [-0.39, 0.29) is 0 Å². The predicted molar refractivity (Wildman–Crippen MR) is 107 cm³/mol. The third-order valence-corrected chi connectivity index (χ3v) is 6.63. The molecule has 0 fully saturated rings. The van der Waals surface area contributed by atoms with E-state index in [0.29, 0.717) is 12.3 Å². The smallest absolute Gasteiger partial charge is 0.212 e. The number of unbranched alkanes of at least 4 members (excludes halogenated alkanes) is 11. The lowest BCUT2D eigenvalue weighted by atomic mass is 10.1. The lowest BCUT2D eigenvalue weighted by Gasteiger charge is -2.22. The van der Waals surface area contributed by atoms with Gasteiger partial charge in [-0.15, -0.1) is 0 Å². The summed E-state index contributed by atoms with van der Waals surface area (Å²) in [6.45, 7) is 7.98. The molecule has 0 atom stereocenters. The summed E-state index contributed by atoms with van der Waals surface area (Å²) in [4.78, 5) is 0. The van der Waals surface area contributed by atoms with Crippen LogP contribution in [-0.4, -0.2) is 31.6 Å². The molecule has 0 aliphatic carbocycles. The van der Waals surface area contributed by atoms with Crippen LogP contribution in [0.1, 0.15) is 111 Å². The summed E-state index contributed by atoms with van der Waals surface area (Å²) in [7, 11) is -3.05. The Labute approximate surface area is 152 Å². The highest BCUT2D eigenvalue weighted by molar-refractivity contribution is 7.89. The Morgan fingerprint density at radius 3 is 1.50 bits per heavy atom. The molecule has 0 aromatic carbocycles. The Bertz CT molecular complexity index is 355. The first-order valence-corrected chi connectivity index (χ1v) is 12.2. The van der Waals surface area contributed by atoms with Crippen LogP contribution in [0.5, 0.6) is 0 Å². The van der Waals surface area contributed by atoms with Crippen molar-refractivity contribution in [3.8, 4) is 0 Å². The number of hydrogen-bond acceptors (Lipinski definition) is 2. The Balaban J connectivity index is 4.04. The topological polar surface area (TPSA) is 37.4 Å². The number of hydrogen-bond donors (Lipinski definition) is 0. The van der Waals surface area contributed by atoms with Crippen molar-refractivity contribution in [2.45, 2.75) is 111 Å². The molecule has 0 radical (unpaired) electrons. The molecule has 0 saturated carbocycles. The quantitative estimate of drug-likeness (QED) is 0.275. The first-order valence-electron chi connectivity index (χ1n) is 10.6.